The van der Waals surface area contributed by atoms with Gasteiger partial charge in [-0.1, -0.05) is 42.5 Å². The van der Waals surface area contributed by atoms with E-state index < -0.39 is 6.10 Å². The molecule has 2 aromatic carbocycles. The number of benzene rings is 2. The summed E-state index contributed by atoms with van der Waals surface area (Å²) in [6, 6.07) is 17.3. The van der Waals surface area contributed by atoms with Gasteiger partial charge in [0, 0.05) is 32.2 Å². The SMILES string of the molecule is O=C(C1CC(c2ccccc2)NN1)N1CCN(C(=O)C2COc3ccccc3O2)CC1. The molecular formula is C23H26N4O4. The van der Waals surface area contributed by atoms with Crippen LogP contribution < -0.4 is 20.3 Å². The van der Waals surface area contributed by atoms with Gasteiger partial charge < -0.3 is 19.3 Å². The molecule has 3 unspecified atom stereocenters. The number of hydrazine groups is 1. The molecule has 5 rings (SSSR count). The highest BCUT2D eigenvalue weighted by molar-refractivity contribution is 5.84. The minimum atomic E-state index is -0.649. The van der Waals surface area contributed by atoms with Crippen molar-refractivity contribution in [1.82, 2.24) is 20.7 Å². The van der Waals surface area contributed by atoms with Crippen molar-refractivity contribution < 1.29 is 19.1 Å². The third kappa shape index (κ3) is 4.08. The molecule has 0 aliphatic carbocycles. The molecule has 162 valence electrons. The van der Waals surface area contributed by atoms with Crippen molar-refractivity contribution in [3.8, 4) is 11.5 Å². The van der Waals surface area contributed by atoms with Crippen molar-refractivity contribution >= 4 is 11.8 Å². The Balaban J connectivity index is 1.13. The molecule has 8 heteroatoms. The van der Waals surface area contributed by atoms with E-state index in [4.69, 9.17) is 9.47 Å². The minimum absolute atomic E-state index is 0.0733. The lowest BCUT2D eigenvalue weighted by Crippen LogP contribution is -2.57. The van der Waals surface area contributed by atoms with Gasteiger partial charge in [0.1, 0.15) is 12.6 Å². The number of rotatable bonds is 3. The van der Waals surface area contributed by atoms with Gasteiger partial charge in [-0.2, -0.15) is 0 Å². The Bertz CT molecular complexity index is 946. The van der Waals surface area contributed by atoms with Crippen molar-refractivity contribution in [3.05, 3.63) is 60.2 Å². The molecule has 2 aromatic rings. The number of hydrogen-bond acceptors (Lipinski definition) is 6. The number of nitrogens with one attached hydrogen (secondary N) is 2. The van der Waals surface area contributed by atoms with Crippen molar-refractivity contribution in [1.29, 1.82) is 0 Å². The molecular weight excluding hydrogens is 396 g/mol. The van der Waals surface area contributed by atoms with Gasteiger partial charge in [-0.05, 0) is 24.1 Å². The maximum absolute atomic E-state index is 13.0. The van der Waals surface area contributed by atoms with Gasteiger partial charge in [0.05, 0.1) is 0 Å². The smallest absolute Gasteiger partial charge is 0.267 e. The number of hydrogen-bond donors (Lipinski definition) is 2. The van der Waals surface area contributed by atoms with Crippen LogP contribution in [0.15, 0.2) is 54.6 Å². The molecule has 0 bridgehead atoms. The molecule has 3 heterocycles. The highest BCUT2D eigenvalue weighted by Crippen LogP contribution is 2.31. The van der Waals surface area contributed by atoms with Crippen molar-refractivity contribution in [3.63, 3.8) is 0 Å². The van der Waals surface area contributed by atoms with Crippen LogP contribution in [-0.4, -0.2) is 66.5 Å². The quantitative estimate of drug-likeness (QED) is 0.771. The Morgan fingerprint density at radius 2 is 1.45 bits per heavy atom. The Kier molecular flexibility index (Phi) is 5.48. The number of para-hydroxylation sites is 2. The zero-order valence-corrected chi connectivity index (χ0v) is 17.2. The van der Waals surface area contributed by atoms with Gasteiger partial charge in [-0.3, -0.25) is 9.59 Å². The van der Waals surface area contributed by atoms with Crippen LogP contribution in [0, 0.1) is 0 Å². The second kappa shape index (κ2) is 8.56. The average Bonchev–Trinajstić information content (AvgIpc) is 3.34. The first kappa shape index (κ1) is 19.8. The zero-order valence-electron chi connectivity index (χ0n) is 17.2. The summed E-state index contributed by atoms with van der Waals surface area (Å²) in [7, 11) is 0. The van der Waals surface area contributed by atoms with Crippen LogP contribution in [0.1, 0.15) is 18.0 Å². The number of amides is 2. The highest BCUT2D eigenvalue weighted by Gasteiger charge is 2.36. The van der Waals surface area contributed by atoms with Crippen LogP contribution in [0.25, 0.3) is 0 Å². The van der Waals surface area contributed by atoms with Crippen LogP contribution in [0.5, 0.6) is 11.5 Å². The summed E-state index contributed by atoms with van der Waals surface area (Å²) in [4.78, 5) is 29.5. The predicted molar refractivity (Wildman–Crippen MR) is 113 cm³/mol. The van der Waals surface area contributed by atoms with Crippen molar-refractivity contribution in [2.24, 2.45) is 0 Å². The van der Waals surface area contributed by atoms with Crippen molar-refractivity contribution in [2.45, 2.75) is 24.6 Å². The molecule has 2 saturated heterocycles. The van der Waals surface area contributed by atoms with E-state index in [2.05, 4.69) is 23.0 Å². The monoisotopic (exact) mass is 422 g/mol. The maximum atomic E-state index is 13.0. The fourth-order valence-electron chi connectivity index (χ4n) is 4.33. The van der Waals surface area contributed by atoms with E-state index in [1.165, 1.54) is 0 Å². The van der Waals surface area contributed by atoms with Gasteiger partial charge in [0.15, 0.2) is 11.5 Å². The molecule has 2 N–H and O–H groups in total. The number of carbonyl (C=O) groups excluding carboxylic acids is 2. The van der Waals surface area contributed by atoms with E-state index in [-0.39, 0.29) is 30.5 Å². The molecule has 0 aromatic heterocycles. The molecule has 0 spiro atoms. The van der Waals surface area contributed by atoms with Gasteiger partial charge in [-0.25, -0.2) is 10.9 Å². The minimum Gasteiger partial charge on any atom is -0.485 e. The second-order valence-corrected chi connectivity index (χ2v) is 8.06. The Labute approximate surface area is 181 Å². The summed E-state index contributed by atoms with van der Waals surface area (Å²) in [5, 5.41) is 0. The zero-order chi connectivity index (χ0) is 21.2. The van der Waals surface area contributed by atoms with Crippen LogP contribution >= 0.6 is 0 Å². The number of ether oxygens (including phenoxy) is 2. The average molecular weight is 422 g/mol. The third-order valence-corrected chi connectivity index (χ3v) is 6.09. The topological polar surface area (TPSA) is 83.1 Å². The number of nitrogens with zero attached hydrogens (tertiary/aromatic N) is 2. The lowest BCUT2D eigenvalue weighted by atomic mass is 10.0. The molecule has 31 heavy (non-hydrogen) atoms. The van der Waals surface area contributed by atoms with E-state index >= 15 is 0 Å². The van der Waals surface area contributed by atoms with Crippen LogP contribution in [0.4, 0.5) is 0 Å². The maximum Gasteiger partial charge on any atom is 0.267 e. The normalized spacial score (nSPS) is 25.4. The third-order valence-electron chi connectivity index (χ3n) is 6.09. The Hall–Kier alpha value is -3.10. The number of carbonyl (C=O) groups is 2. The highest BCUT2D eigenvalue weighted by atomic mass is 16.6. The molecule has 0 saturated carbocycles. The largest absolute Gasteiger partial charge is 0.485 e. The first-order valence-electron chi connectivity index (χ1n) is 10.7. The van der Waals surface area contributed by atoms with Gasteiger partial charge >= 0.3 is 0 Å². The standard InChI is InChI=1S/C23H26N4O4/c28-22(18-14-17(24-25-18)16-6-2-1-3-7-16)26-10-12-27(13-11-26)23(29)21-15-30-19-8-4-5-9-20(19)31-21/h1-9,17-18,21,24-25H,10-15H2. The number of fused-ring (bicyclic) bond motifs is 1. The lowest BCUT2D eigenvalue weighted by molar-refractivity contribution is -0.146. The van der Waals surface area contributed by atoms with E-state index in [0.717, 1.165) is 5.56 Å². The van der Waals surface area contributed by atoms with E-state index in [1.807, 2.05) is 41.3 Å². The predicted octanol–water partition coefficient (Wildman–Crippen LogP) is 1.10. The van der Waals surface area contributed by atoms with Crippen LogP contribution in [0.3, 0.4) is 0 Å². The molecule has 3 aliphatic rings. The Morgan fingerprint density at radius 1 is 0.806 bits per heavy atom. The van der Waals surface area contributed by atoms with Gasteiger partial charge in [0.2, 0.25) is 12.0 Å². The van der Waals surface area contributed by atoms with E-state index in [0.29, 0.717) is 44.1 Å². The van der Waals surface area contributed by atoms with Gasteiger partial charge in [-0.15, -0.1) is 0 Å². The molecule has 2 fully saturated rings. The summed E-state index contributed by atoms with van der Waals surface area (Å²) in [5.41, 5.74) is 7.53. The van der Waals surface area contributed by atoms with Gasteiger partial charge in [0.25, 0.3) is 5.91 Å². The first-order valence-corrected chi connectivity index (χ1v) is 10.7. The summed E-state index contributed by atoms with van der Waals surface area (Å²) in [6.07, 6.45) is 0.0544. The molecule has 2 amide bonds. The van der Waals surface area contributed by atoms with E-state index in [1.54, 1.807) is 11.0 Å². The summed E-state index contributed by atoms with van der Waals surface area (Å²) in [6.45, 7) is 2.22. The van der Waals surface area contributed by atoms with Crippen molar-refractivity contribution in [2.75, 3.05) is 32.8 Å². The fraction of sp³-hybridized carbons (Fsp3) is 0.391. The number of piperazine rings is 1. The lowest BCUT2D eigenvalue weighted by Gasteiger charge is -2.37. The second-order valence-electron chi connectivity index (χ2n) is 8.06. The molecule has 8 nitrogen and oxygen atoms in total. The Morgan fingerprint density at radius 3 is 2.19 bits per heavy atom. The molecule has 3 atom stereocenters. The van der Waals surface area contributed by atoms with E-state index in [9.17, 15) is 9.59 Å². The summed E-state index contributed by atoms with van der Waals surface area (Å²) in [5.74, 6) is 1.23. The molecule has 0 radical (unpaired) electrons. The summed E-state index contributed by atoms with van der Waals surface area (Å²) < 4.78 is 11.5. The van der Waals surface area contributed by atoms with Crippen LogP contribution in [-0.2, 0) is 9.59 Å². The fourth-order valence-corrected chi connectivity index (χ4v) is 4.33. The summed E-state index contributed by atoms with van der Waals surface area (Å²) >= 11 is 0. The molecule has 3 aliphatic heterocycles. The van der Waals surface area contributed by atoms with Crippen LogP contribution in [0.2, 0.25) is 0 Å². The first-order chi connectivity index (χ1) is 15.2.